The molecule has 1 saturated heterocycles. The molecule has 168 valence electrons. The summed E-state index contributed by atoms with van der Waals surface area (Å²) in [7, 11) is 0. The third-order valence-corrected chi connectivity index (χ3v) is 5.31. The lowest BCUT2D eigenvalue weighted by molar-refractivity contribution is 0.104. The summed E-state index contributed by atoms with van der Waals surface area (Å²) in [6.45, 7) is 5.22. The lowest BCUT2D eigenvalue weighted by Crippen LogP contribution is -2.38. The maximum Gasteiger partial charge on any atom is 0.415 e. The highest BCUT2D eigenvalue weighted by Gasteiger charge is 2.43. The number of aliphatic hydroxyl groups excluding tert-OH is 2. The SMILES string of the molecule is C=C(O)/C=C\C(=C/C)[C@@H]1[C@@H](CCC(O)c2ccc(F)cc2)OC(=O)N1c1ccc(F)cc1. The third-order valence-electron chi connectivity index (χ3n) is 5.31. The topological polar surface area (TPSA) is 70.0 Å². The number of carbonyl (C=O) groups excluding carboxylic acids is 1. The molecule has 0 saturated carbocycles. The van der Waals surface area contributed by atoms with Crippen molar-refractivity contribution in [2.24, 2.45) is 0 Å². The van der Waals surface area contributed by atoms with E-state index in [4.69, 9.17) is 4.74 Å². The number of aliphatic hydroxyl groups is 2. The van der Waals surface area contributed by atoms with Crippen LogP contribution in [0.5, 0.6) is 0 Å². The average Bonchev–Trinajstić information content (AvgIpc) is 3.09. The predicted molar refractivity (Wildman–Crippen MR) is 118 cm³/mol. The summed E-state index contributed by atoms with van der Waals surface area (Å²) in [6.07, 6.45) is 3.33. The first-order valence-corrected chi connectivity index (χ1v) is 10.2. The van der Waals surface area contributed by atoms with Crippen LogP contribution in [0, 0.1) is 11.6 Å². The molecule has 0 bridgehead atoms. The maximum atomic E-state index is 13.4. The molecule has 32 heavy (non-hydrogen) atoms. The lowest BCUT2D eigenvalue weighted by Gasteiger charge is -2.26. The fraction of sp³-hybridized carbons (Fsp3) is 0.240. The van der Waals surface area contributed by atoms with Crippen LogP contribution < -0.4 is 4.90 Å². The fourth-order valence-electron chi connectivity index (χ4n) is 3.71. The number of benzene rings is 2. The van der Waals surface area contributed by atoms with Crippen molar-refractivity contribution >= 4 is 11.8 Å². The van der Waals surface area contributed by atoms with Gasteiger partial charge < -0.3 is 14.9 Å². The van der Waals surface area contributed by atoms with E-state index in [-0.39, 0.29) is 12.2 Å². The van der Waals surface area contributed by atoms with Crippen molar-refractivity contribution in [1.82, 2.24) is 0 Å². The van der Waals surface area contributed by atoms with Crippen LogP contribution in [-0.4, -0.2) is 28.5 Å². The van der Waals surface area contributed by atoms with Gasteiger partial charge in [-0.15, -0.1) is 0 Å². The number of allylic oxidation sites excluding steroid dienone is 2. The molecule has 0 aliphatic carbocycles. The number of rotatable bonds is 8. The first-order chi connectivity index (χ1) is 15.3. The second-order valence-electron chi connectivity index (χ2n) is 7.47. The summed E-state index contributed by atoms with van der Waals surface area (Å²) in [5.41, 5.74) is 1.70. The van der Waals surface area contributed by atoms with Gasteiger partial charge in [-0.2, -0.15) is 0 Å². The molecule has 3 atom stereocenters. The zero-order chi connectivity index (χ0) is 23.3. The molecule has 2 aromatic rings. The zero-order valence-corrected chi connectivity index (χ0v) is 17.6. The molecule has 5 nitrogen and oxygen atoms in total. The molecular formula is C25H25F2NO4. The standard InChI is InChI=1S/C25H25F2NO4/c1-3-17(5-4-16(2)29)24-23(15-14-22(30)18-6-8-19(26)9-7-18)32-25(31)28(24)21-12-10-20(27)11-13-21/h3-13,22-24,29-30H,2,14-15H2,1H3/b5-4-,17-3+/t22?,23-,24-/m1/s1. The molecular weight excluding hydrogens is 416 g/mol. The Morgan fingerprint density at radius 2 is 1.72 bits per heavy atom. The molecule has 0 spiro atoms. The van der Waals surface area contributed by atoms with Crippen molar-refractivity contribution in [3.8, 4) is 0 Å². The van der Waals surface area contributed by atoms with E-state index in [9.17, 15) is 23.8 Å². The molecule has 0 aromatic heterocycles. The number of amides is 1. The first-order valence-electron chi connectivity index (χ1n) is 10.2. The van der Waals surface area contributed by atoms with E-state index < -0.39 is 36.0 Å². The van der Waals surface area contributed by atoms with E-state index in [1.54, 1.807) is 19.1 Å². The van der Waals surface area contributed by atoms with Gasteiger partial charge in [-0.05, 0) is 73.4 Å². The van der Waals surface area contributed by atoms with Crippen LogP contribution in [0.15, 0.2) is 84.7 Å². The Kier molecular flexibility index (Phi) is 7.43. The monoisotopic (exact) mass is 441 g/mol. The Hall–Kier alpha value is -3.45. The smallest absolute Gasteiger partial charge is 0.415 e. The number of carbonyl (C=O) groups is 1. The normalized spacial score (nSPS) is 19.9. The van der Waals surface area contributed by atoms with Gasteiger partial charge in [0.1, 0.15) is 29.5 Å². The number of ether oxygens (including phenoxy) is 1. The fourth-order valence-corrected chi connectivity index (χ4v) is 3.71. The number of cyclic esters (lactones) is 1. The molecule has 7 heteroatoms. The zero-order valence-electron chi connectivity index (χ0n) is 17.6. The Morgan fingerprint density at radius 3 is 2.28 bits per heavy atom. The van der Waals surface area contributed by atoms with Crippen molar-refractivity contribution in [2.45, 2.75) is 38.0 Å². The molecule has 3 rings (SSSR count). The highest BCUT2D eigenvalue weighted by molar-refractivity contribution is 5.91. The lowest BCUT2D eigenvalue weighted by atomic mass is 9.94. The van der Waals surface area contributed by atoms with E-state index in [0.717, 1.165) is 0 Å². The largest absolute Gasteiger partial charge is 0.509 e. The summed E-state index contributed by atoms with van der Waals surface area (Å²) >= 11 is 0. The quantitative estimate of drug-likeness (QED) is 0.404. The van der Waals surface area contributed by atoms with Crippen LogP contribution in [-0.2, 0) is 4.74 Å². The number of halogens is 2. The Bertz CT molecular complexity index is 1020. The third kappa shape index (κ3) is 5.42. The molecule has 1 fully saturated rings. The van der Waals surface area contributed by atoms with E-state index in [0.29, 0.717) is 23.2 Å². The van der Waals surface area contributed by atoms with E-state index in [2.05, 4.69) is 6.58 Å². The van der Waals surface area contributed by atoms with Gasteiger partial charge in [-0.25, -0.2) is 13.6 Å². The molecule has 2 N–H and O–H groups in total. The van der Waals surface area contributed by atoms with Crippen LogP contribution in [0.4, 0.5) is 19.3 Å². The van der Waals surface area contributed by atoms with Crippen molar-refractivity contribution in [1.29, 1.82) is 0 Å². The van der Waals surface area contributed by atoms with Gasteiger partial charge in [0, 0.05) is 5.69 Å². The predicted octanol–water partition coefficient (Wildman–Crippen LogP) is 5.75. The minimum Gasteiger partial charge on any atom is -0.509 e. The summed E-state index contributed by atoms with van der Waals surface area (Å²) in [4.78, 5) is 14.2. The van der Waals surface area contributed by atoms with E-state index in [1.807, 2.05) is 0 Å². The van der Waals surface area contributed by atoms with E-state index in [1.165, 1.54) is 59.5 Å². The molecule has 1 amide bonds. The van der Waals surface area contributed by atoms with E-state index >= 15 is 0 Å². The first kappa shape index (κ1) is 23.2. The Labute approximate surface area is 185 Å². The number of anilines is 1. The van der Waals surface area contributed by atoms with Crippen LogP contribution in [0.2, 0.25) is 0 Å². The highest BCUT2D eigenvalue weighted by Crippen LogP contribution is 2.35. The summed E-state index contributed by atoms with van der Waals surface area (Å²) in [5.74, 6) is -0.971. The second kappa shape index (κ2) is 10.2. The van der Waals surface area contributed by atoms with Crippen molar-refractivity contribution in [2.75, 3.05) is 4.90 Å². The molecule has 2 aromatic carbocycles. The molecule has 1 aliphatic rings. The number of hydrogen-bond donors (Lipinski definition) is 2. The molecule has 0 radical (unpaired) electrons. The minimum atomic E-state index is -0.864. The van der Waals surface area contributed by atoms with Gasteiger partial charge in [0.05, 0.1) is 6.10 Å². The van der Waals surface area contributed by atoms with Crippen LogP contribution >= 0.6 is 0 Å². The van der Waals surface area contributed by atoms with Gasteiger partial charge in [0.25, 0.3) is 0 Å². The van der Waals surface area contributed by atoms with Crippen molar-refractivity contribution in [3.05, 3.63) is 102 Å². The number of nitrogens with zero attached hydrogens (tertiary/aromatic N) is 1. The second-order valence-corrected chi connectivity index (χ2v) is 7.47. The van der Waals surface area contributed by atoms with Gasteiger partial charge in [-0.1, -0.05) is 30.9 Å². The van der Waals surface area contributed by atoms with Gasteiger partial charge in [0.2, 0.25) is 0 Å². The summed E-state index contributed by atoms with van der Waals surface area (Å²) < 4.78 is 32.2. The van der Waals surface area contributed by atoms with Gasteiger partial charge in [-0.3, -0.25) is 4.90 Å². The molecule has 1 unspecified atom stereocenters. The van der Waals surface area contributed by atoms with Crippen LogP contribution in [0.25, 0.3) is 0 Å². The Morgan fingerprint density at radius 1 is 1.12 bits per heavy atom. The minimum absolute atomic E-state index is 0.147. The maximum absolute atomic E-state index is 13.4. The highest BCUT2D eigenvalue weighted by atomic mass is 19.1. The van der Waals surface area contributed by atoms with Crippen LogP contribution in [0.3, 0.4) is 0 Å². The number of hydrogen-bond acceptors (Lipinski definition) is 4. The molecule has 1 aliphatic heterocycles. The van der Waals surface area contributed by atoms with Crippen molar-refractivity contribution < 1.29 is 28.5 Å². The van der Waals surface area contributed by atoms with Gasteiger partial charge in [0.15, 0.2) is 0 Å². The summed E-state index contributed by atoms with van der Waals surface area (Å²) in [6, 6.07) is 10.5. The average molecular weight is 441 g/mol. The van der Waals surface area contributed by atoms with Gasteiger partial charge >= 0.3 is 6.09 Å². The molecule has 1 heterocycles. The Balaban J connectivity index is 1.87. The van der Waals surface area contributed by atoms with Crippen molar-refractivity contribution in [3.63, 3.8) is 0 Å². The van der Waals surface area contributed by atoms with Crippen LogP contribution in [0.1, 0.15) is 31.4 Å². The summed E-state index contributed by atoms with van der Waals surface area (Å²) in [5, 5.41) is 20.0.